The molecule has 0 bridgehead atoms. The SMILES string of the molecule is Cc1noc(C)c1-c1nc(NC2(C)CC2)c2ccncc2n1. The van der Waals surface area contributed by atoms with Gasteiger partial charge >= 0.3 is 0 Å². The Morgan fingerprint density at radius 2 is 2.05 bits per heavy atom. The van der Waals surface area contributed by atoms with Crippen molar-refractivity contribution in [1.82, 2.24) is 20.1 Å². The highest BCUT2D eigenvalue weighted by Crippen LogP contribution is 2.39. The molecule has 0 spiro atoms. The quantitative estimate of drug-likeness (QED) is 0.799. The van der Waals surface area contributed by atoms with E-state index in [1.54, 1.807) is 12.4 Å². The molecule has 0 atom stereocenters. The Kier molecular flexibility index (Phi) is 2.69. The zero-order chi connectivity index (χ0) is 15.3. The van der Waals surface area contributed by atoms with Gasteiger partial charge in [0, 0.05) is 17.1 Å². The summed E-state index contributed by atoms with van der Waals surface area (Å²) in [6.45, 7) is 5.98. The van der Waals surface area contributed by atoms with Crippen molar-refractivity contribution in [1.29, 1.82) is 0 Å². The highest BCUT2D eigenvalue weighted by Gasteiger charge is 2.38. The van der Waals surface area contributed by atoms with Crippen LogP contribution >= 0.6 is 0 Å². The van der Waals surface area contributed by atoms with Crippen LogP contribution in [-0.2, 0) is 0 Å². The smallest absolute Gasteiger partial charge is 0.167 e. The van der Waals surface area contributed by atoms with Crippen LogP contribution in [0.3, 0.4) is 0 Å². The maximum absolute atomic E-state index is 5.25. The van der Waals surface area contributed by atoms with Crippen LogP contribution in [0.2, 0.25) is 0 Å². The summed E-state index contributed by atoms with van der Waals surface area (Å²) in [5, 5.41) is 8.53. The number of rotatable bonds is 3. The largest absolute Gasteiger partial charge is 0.364 e. The van der Waals surface area contributed by atoms with Crippen LogP contribution in [0.4, 0.5) is 5.82 Å². The molecule has 1 aliphatic rings. The Bertz CT molecular complexity index is 847. The van der Waals surface area contributed by atoms with Gasteiger partial charge < -0.3 is 9.84 Å². The normalized spacial score (nSPS) is 16.0. The molecule has 4 rings (SSSR count). The molecule has 3 aromatic heterocycles. The highest BCUT2D eigenvalue weighted by molar-refractivity contribution is 5.90. The van der Waals surface area contributed by atoms with Crippen molar-refractivity contribution >= 4 is 16.7 Å². The number of hydrogen-bond donors (Lipinski definition) is 1. The van der Waals surface area contributed by atoms with E-state index in [2.05, 4.69) is 27.4 Å². The van der Waals surface area contributed by atoms with Crippen LogP contribution in [0.15, 0.2) is 23.0 Å². The van der Waals surface area contributed by atoms with Crippen molar-refractivity contribution in [3.63, 3.8) is 0 Å². The fourth-order valence-electron chi connectivity index (χ4n) is 2.59. The molecule has 3 aromatic rings. The summed E-state index contributed by atoms with van der Waals surface area (Å²) in [7, 11) is 0. The molecule has 0 amide bonds. The van der Waals surface area contributed by atoms with E-state index in [4.69, 9.17) is 9.51 Å². The van der Waals surface area contributed by atoms with Crippen LogP contribution < -0.4 is 5.32 Å². The van der Waals surface area contributed by atoms with Gasteiger partial charge in [-0.15, -0.1) is 0 Å². The topological polar surface area (TPSA) is 76.7 Å². The van der Waals surface area contributed by atoms with Gasteiger partial charge in [0.25, 0.3) is 0 Å². The predicted molar refractivity (Wildman–Crippen MR) is 83.6 cm³/mol. The van der Waals surface area contributed by atoms with Crippen molar-refractivity contribution in [2.45, 2.75) is 39.2 Å². The molecule has 6 heteroatoms. The van der Waals surface area contributed by atoms with Crippen LogP contribution in [0.5, 0.6) is 0 Å². The summed E-state index contributed by atoms with van der Waals surface area (Å²) in [6, 6.07) is 1.94. The van der Waals surface area contributed by atoms with Gasteiger partial charge in [-0.05, 0) is 39.7 Å². The van der Waals surface area contributed by atoms with Gasteiger partial charge in [0.15, 0.2) is 5.82 Å². The average molecular weight is 295 g/mol. The third-order valence-electron chi connectivity index (χ3n) is 4.18. The number of pyridine rings is 1. The molecule has 1 fully saturated rings. The molecule has 0 radical (unpaired) electrons. The zero-order valence-corrected chi connectivity index (χ0v) is 12.8. The van der Waals surface area contributed by atoms with Crippen molar-refractivity contribution in [2.75, 3.05) is 5.32 Å². The maximum atomic E-state index is 5.25. The molecule has 1 N–H and O–H groups in total. The van der Waals surface area contributed by atoms with E-state index < -0.39 is 0 Å². The van der Waals surface area contributed by atoms with E-state index >= 15 is 0 Å². The predicted octanol–water partition coefficient (Wildman–Crippen LogP) is 3.26. The summed E-state index contributed by atoms with van der Waals surface area (Å²) in [6.07, 6.45) is 5.84. The monoisotopic (exact) mass is 295 g/mol. The minimum absolute atomic E-state index is 0.139. The second-order valence-corrected chi connectivity index (χ2v) is 6.17. The first-order valence-corrected chi connectivity index (χ1v) is 7.39. The Labute approximate surface area is 128 Å². The summed E-state index contributed by atoms with van der Waals surface area (Å²) >= 11 is 0. The number of nitrogens with zero attached hydrogens (tertiary/aromatic N) is 4. The number of anilines is 1. The molecule has 3 heterocycles. The van der Waals surface area contributed by atoms with E-state index in [0.717, 1.165) is 46.6 Å². The van der Waals surface area contributed by atoms with Crippen LogP contribution in [0.25, 0.3) is 22.3 Å². The molecule has 1 saturated carbocycles. The Hall–Kier alpha value is -2.50. The van der Waals surface area contributed by atoms with Crippen molar-refractivity contribution in [3.8, 4) is 11.4 Å². The van der Waals surface area contributed by atoms with E-state index in [0.29, 0.717) is 5.82 Å². The van der Waals surface area contributed by atoms with Gasteiger partial charge in [-0.25, -0.2) is 9.97 Å². The molecule has 6 nitrogen and oxygen atoms in total. The molecule has 0 aromatic carbocycles. The van der Waals surface area contributed by atoms with Crippen LogP contribution in [-0.4, -0.2) is 25.6 Å². The van der Waals surface area contributed by atoms with E-state index in [9.17, 15) is 0 Å². The molecule has 0 saturated heterocycles. The fraction of sp³-hybridized carbons (Fsp3) is 0.375. The van der Waals surface area contributed by atoms with E-state index in [1.807, 2.05) is 19.9 Å². The second kappa shape index (κ2) is 4.50. The number of nitrogens with one attached hydrogen (secondary N) is 1. The minimum atomic E-state index is 0.139. The molecular weight excluding hydrogens is 278 g/mol. The van der Waals surface area contributed by atoms with Gasteiger partial charge in [0.05, 0.1) is 23.0 Å². The molecule has 1 aliphatic carbocycles. The summed E-state index contributed by atoms with van der Waals surface area (Å²) in [5.41, 5.74) is 2.61. The highest BCUT2D eigenvalue weighted by atomic mass is 16.5. The molecule has 0 unspecified atom stereocenters. The van der Waals surface area contributed by atoms with Crippen LogP contribution in [0.1, 0.15) is 31.2 Å². The van der Waals surface area contributed by atoms with Gasteiger partial charge in [0.1, 0.15) is 11.6 Å². The lowest BCUT2D eigenvalue weighted by Gasteiger charge is -2.15. The lowest BCUT2D eigenvalue weighted by Crippen LogP contribution is -2.17. The average Bonchev–Trinajstić information content (AvgIpc) is 3.12. The lowest BCUT2D eigenvalue weighted by atomic mass is 10.1. The number of aromatic nitrogens is 4. The van der Waals surface area contributed by atoms with Crippen LogP contribution in [0, 0.1) is 13.8 Å². The molecule has 112 valence electrons. The Morgan fingerprint density at radius 1 is 1.23 bits per heavy atom. The molecule has 0 aliphatic heterocycles. The third kappa shape index (κ3) is 2.11. The van der Waals surface area contributed by atoms with Gasteiger partial charge in [-0.1, -0.05) is 5.16 Å². The molecular formula is C16H17N5O. The van der Waals surface area contributed by atoms with Crippen molar-refractivity contribution in [2.24, 2.45) is 0 Å². The minimum Gasteiger partial charge on any atom is -0.364 e. The summed E-state index contributed by atoms with van der Waals surface area (Å²) in [4.78, 5) is 13.6. The van der Waals surface area contributed by atoms with Crippen molar-refractivity contribution < 1.29 is 4.52 Å². The summed E-state index contributed by atoms with van der Waals surface area (Å²) < 4.78 is 5.25. The van der Waals surface area contributed by atoms with Gasteiger partial charge in [-0.3, -0.25) is 4.98 Å². The van der Waals surface area contributed by atoms with Crippen molar-refractivity contribution in [3.05, 3.63) is 29.9 Å². The summed E-state index contributed by atoms with van der Waals surface area (Å²) in [5.74, 6) is 2.20. The standard InChI is InChI=1S/C16H17N5O/c1-9-13(10(2)22-21-9)15-18-12-8-17-7-4-11(12)14(19-15)20-16(3)5-6-16/h4,7-8H,5-6H2,1-3H3,(H,18,19,20). The maximum Gasteiger partial charge on any atom is 0.167 e. The third-order valence-corrected chi connectivity index (χ3v) is 4.18. The Morgan fingerprint density at radius 3 is 2.73 bits per heavy atom. The van der Waals surface area contributed by atoms with Gasteiger partial charge in [-0.2, -0.15) is 0 Å². The molecule has 22 heavy (non-hydrogen) atoms. The number of fused-ring (bicyclic) bond motifs is 1. The zero-order valence-electron chi connectivity index (χ0n) is 12.8. The lowest BCUT2D eigenvalue weighted by molar-refractivity contribution is 0.393. The first kappa shape index (κ1) is 13.2. The van der Waals surface area contributed by atoms with E-state index in [-0.39, 0.29) is 5.54 Å². The second-order valence-electron chi connectivity index (χ2n) is 6.17. The first-order valence-electron chi connectivity index (χ1n) is 7.39. The van der Waals surface area contributed by atoms with Gasteiger partial charge in [0.2, 0.25) is 0 Å². The number of hydrogen-bond acceptors (Lipinski definition) is 6. The fourth-order valence-corrected chi connectivity index (χ4v) is 2.59. The Balaban J connectivity index is 1.93. The number of aryl methyl sites for hydroxylation is 2. The first-order chi connectivity index (χ1) is 10.6. The van der Waals surface area contributed by atoms with E-state index in [1.165, 1.54) is 0 Å².